The van der Waals surface area contributed by atoms with Crippen LogP contribution < -0.4 is 10.6 Å². The predicted molar refractivity (Wildman–Crippen MR) is 135 cm³/mol. The summed E-state index contributed by atoms with van der Waals surface area (Å²) >= 11 is 0. The quantitative estimate of drug-likeness (QED) is 0.464. The van der Waals surface area contributed by atoms with Crippen LogP contribution in [0.5, 0.6) is 0 Å². The highest BCUT2D eigenvalue weighted by molar-refractivity contribution is 5.85. The van der Waals surface area contributed by atoms with Gasteiger partial charge in [0.15, 0.2) is 0 Å². The average molecular weight is 496 g/mol. The molecule has 5 rings (SSSR count). The molecule has 9 heteroatoms. The summed E-state index contributed by atoms with van der Waals surface area (Å²) in [5, 5.41) is 20.0. The van der Waals surface area contributed by atoms with Gasteiger partial charge in [-0.25, -0.2) is 9.78 Å². The molecule has 36 heavy (non-hydrogen) atoms. The van der Waals surface area contributed by atoms with Gasteiger partial charge in [0.1, 0.15) is 11.9 Å². The number of carbonyl (C=O) groups is 2. The second-order valence-corrected chi connectivity index (χ2v) is 10.6. The molecule has 2 atom stereocenters. The third kappa shape index (κ3) is 5.72. The van der Waals surface area contributed by atoms with Gasteiger partial charge in [-0.15, -0.1) is 0 Å². The van der Waals surface area contributed by atoms with Gasteiger partial charge in [-0.05, 0) is 74.5 Å². The highest BCUT2D eigenvalue weighted by atomic mass is 16.5. The molecule has 1 aliphatic heterocycles. The summed E-state index contributed by atoms with van der Waals surface area (Å²) in [5.74, 6) is 0.257. The van der Waals surface area contributed by atoms with Crippen molar-refractivity contribution in [1.29, 1.82) is 0 Å². The van der Waals surface area contributed by atoms with Gasteiger partial charge in [0.25, 0.3) is 0 Å². The van der Waals surface area contributed by atoms with Crippen LogP contribution >= 0.6 is 0 Å². The van der Waals surface area contributed by atoms with Gasteiger partial charge in [0.05, 0.1) is 12.3 Å². The van der Waals surface area contributed by atoms with Crippen molar-refractivity contribution in [2.24, 2.45) is 18.9 Å². The number of ether oxygens (including phenoxy) is 1. The zero-order valence-electron chi connectivity index (χ0n) is 21.0. The zero-order valence-corrected chi connectivity index (χ0v) is 21.0. The van der Waals surface area contributed by atoms with Crippen LogP contribution in [0.1, 0.15) is 61.0 Å². The number of fused-ring (bicyclic) bond motifs is 2. The largest absolute Gasteiger partial charge is 0.480 e. The normalized spacial score (nSPS) is 23.5. The van der Waals surface area contributed by atoms with Crippen LogP contribution in [-0.4, -0.2) is 57.0 Å². The predicted octanol–water partition coefficient (Wildman–Crippen LogP) is 2.67. The number of rotatable bonds is 10. The topological polar surface area (TPSA) is 118 Å². The number of aryl methyl sites for hydroxylation is 4. The van der Waals surface area contributed by atoms with E-state index in [1.165, 1.54) is 17.5 Å². The fraction of sp³-hybridized carbons (Fsp3) is 0.630. The van der Waals surface area contributed by atoms with Gasteiger partial charge in [-0.2, -0.15) is 5.10 Å². The number of hydrogen-bond acceptors (Lipinski definition) is 6. The summed E-state index contributed by atoms with van der Waals surface area (Å²) in [4.78, 5) is 29.3. The second kappa shape index (κ2) is 11.0. The first-order valence-corrected chi connectivity index (χ1v) is 13.3. The van der Waals surface area contributed by atoms with Gasteiger partial charge in [-0.3, -0.25) is 9.48 Å². The van der Waals surface area contributed by atoms with Crippen molar-refractivity contribution in [3.05, 3.63) is 40.8 Å². The molecule has 0 bridgehead atoms. The van der Waals surface area contributed by atoms with E-state index in [0.29, 0.717) is 25.4 Å². The van der Waals surface area contributed by atoms with Gasteiger partial charge in [0.2, 0.25) is 5.91 Å². The molecule has 3 aliphatic rings. The lowest BCUT2D eigenvalue weighted by Crippen LogP contribution is -2.45. The standard InChI is InChI=1S/C27H37N5O4/c1-32-24-15-19(5-6-20(24)16-29-32)26(33)31-23(27(34)35)10-12-36-22-13-17(14-22)4-8-21-9-7-18-3-2-11-28-25(18)30-21/h7,9,16-17,19,22-23H,2-6,8,10-15H2,1H3,(H,28,30)(H,31,33)(H,34,35). The Hall–Kier alpha value is -2.94. The molecule has 3 heterocycles. The maximum absolute atomic E-state index is 12.8. The van der Waals surface area contributed by atoms with E-state index in [2.05, 4.69) is 27.9 Å². The lowest BCUT2D eigenvalue weighted by atomic mass is 9.79. The summed E-state index contributed by atoms with van der Waals surface area (Å²) in [7, 11) is 1.88. The van der Waals surface area contributed by atoms with Gasteiger partial charge in [0, 0.05) is 50.3 Å². The third-order valence-electron chi connectivity index (χ3n) is 8.05. The summed E-state index contributed by atoms with van der Waals surface area (Å²) in [6.45, 7) is 1.34. The zero-order chi connectivity index (χ0) is 25.1. The minimum Gasteiger partial charge on any atom is -0.480 e. The second-order valence-electron chi connectivity index (χ2n) is 10.6. The first-order chi connectivity index (χ1) is 17.5. The number of aliphatic carboxylic acids is 1. The molecular formula is C27H37N5O4. The molecule has 0 aromatic carbocycles. The number of carboxylic acid groups (broad SMARTS) is 1. The van der Waals surface area contributed by atoms with E-state index in [1.807, 2.05) is 17.9 Å². The summed E-state index contributed by atoms with van der Waals surface area (Å²) in [6.07, 6.45) is 10.8. The molecule has 2 aromatic heterocycles. The summed E-state index contributed by atoms with van der Waals surface area (Å²) < 4.78 is 7.75. The molecule has 1 fully saturated rings. The molecule has 9 nitrogen and oxygen atoms in total. The highest BCUT2D eigenvalue weighted by Gasteiger charge is 2.32. The van der Waals surface area contributed by atoms with E-state index in [4.69, 9.17) is 9.72 Å². The Morgan fingerprint density at radius 2 is 2.14 bits per heavy atom. The van der Waals surface area contributed by atoms with Crippen molar-refractivity contribution < 1.29 is 19.4 Å². The van der Waals surface area contributed by atoms with Crippen LogP contribution in [0.25, 0.3) is 0 Å². The van der Waals surface area contributed by atoms with Gasteiger partial charge in [-0.1, -0.05) is 6.07 Å². The summed E-state index contributed by atoms with van der Waals surface area (Å²) in [6, 6.07) is 3.44. The Bertz CT molecular complexity index is 1090. The van der Waals surface area contributed by atoms with Crippen molar-refractivity contribution in [3.63, 3.8) is 0 Å². The first kappa shape index (κ1) is 24.7. The van der Waals surface area contributed by atoms with E-state index in [9.17, 15) is 14.7 Å². The number of nitrogens with one attached hydrogen (secondary N) is 2. The van der Waals surface area contributed by atoms with Crippen LogP contribution in [-0.2, 0) is 47.1 Å². The monoisotopic (exact) mass is 495 g/mol. The number of nitrogens with zero attached hydrogens (tertiary/aromatic N) is 3. The molecule has 2 aliphatic carbocycles. The number of anilines is 1. The molecule has 0 radical (unpaired) electrons. The molecule has 2 aromatic rings. The smallest absolute Gasteiger partial charge is 0.326 e. The average Bonchev–Trinajstić information content (AvgIpc) is 3.23. The number of hydrogen-bond donors (Lipinski definition) is 3. The van der Waals surface area contributed by atoms with E-state index in [1.54, 1.807) is 0 Å². The number of amides is 1. The van der Waals surface area contributed by atoms with Crippen LogP contribution in [0.3, 0.4) is 0 Å². The third-order valence-corrected chi connectivity index (χ3v) is 8.05. The minimum absolute atomic E-state index is 0.180. The van der Waals surface area contributed by atoms with Crippen molar-refractivity contribution in [3.8, 4) is 0 Å². The molecule has 0 spiro atoms. The van der Waals surface area contributed by atoms with Crippen molar-refractivity contribution in [1.82, 2.24) is 20.1 Å². The highest BCUT2D eigenvalue weighted by Crippen LogP contribution is 2.34. The Morgan fingerprint density at radius 1 is 1.28 bits per heavy atom. The maximum Gasteiger partial charge on any atom is 0.326 e. The number of carbonyl (C=O) groups excluding carboxylic acids is 1. The number of aromatic nitrogens is 3. The molecule has 2 unspecified atom stereocenters. The van der Waals surface area contributed by atoms with Crippen molar-refractivity contribution >= 4 is 17.7 Å². The van der Waals surface area contributed by atoms with Crippen molar-refractivity contribution in [2.45, 2.75) is 76.4 Å². The van der Waals surface area contributed by atoms with Gasteiger partial charge >= 0.3 is 5.97 Å². The van der Waals surface area contributed by atoms with Crippen LogP contribution in [0.15, 0.2) is 18.3 Å². The van der Waals surface area contributed by atoms with E-state index in [0.717, 1.165) is 62.3 Å². The SMILES string of the molecule is Cn1ncc2c1CC(C(=O)NC(CCOC1CC(CCc3ccc4c(n3)NCCC4)C1)C(=O)O)CC2. The molecule has 0 saturated heterocycles. The molecule has 3 N–H and O–H groups in total. The van der Waals surface area contributed by atoms with Gasteiger partial charge < -0.3 is 20.5 Å². The molecule has 1 amide bonds. The molecule has 1 saturated carbocycles. The fourth-order valence-electron chi connectivity index (χ4n) is 5.68. The first-order valence-electron chi connectivity index (χ1n) is 13.3. The van der Waals surface area contributed by atoms with Crippen LogP contribution in [0.2, 0.25) is 0 Å². The lowest BCUT2D eigenvalue weighted by Gasteiger charge is -2.35. The van der Waals surface area contributed by atoms with Crippen LogP contribution in [0, 0.1) is 11.8 Å². The Balaban J connectivity index is 1.00. The minimum atomic E-state index is -1.01. The van der Waals surface area contributed by atoms with Crippen LogP contribution in [0.4, 0.5) is 5.82 Å². The van der Waals surface area contributed by atoms with E-state index < -0.39 is 12.0 Å². The Labute approximate surface area is 212 Å². The van der Waals surface area contributed by atoms with E-state index >= 15 is 0 Å². The number of carboxylic acids is 1. The van der Waals surface area contributed by atoms with E-state index in [-0.39, 0.29) is 24.3 Å². The Kier molecular flexibility index (Phi) is 7.55. The van der Waals surface area contributed by atoms with Crippen molar-refractivity contribution in [2.75, 3.05) is 18.5 Å². The maximum atomic E-state index is 12.8. The lowest BCUT2D eigenvalue weighted by molar-refractivity contribution is -0.143. The molecule has 194 valence electrons. The Morgan fingerprint density at radius 3 is 2.97 bits per heavy atom. The number of pyridine rings is 1. The summed E-state index contributed by atoms with van der Waals surface area (Å²) in [5.41, 5.74) is 4.71. The molecular weight excluding hydrogens is 458 g/mol. The fourth-order valence-corrected chi connectivity index (χ4v) is 5.68.